The van der Waals surface area contributed by atoms with E-state index in [-0.39, 0.29) is 12.4 Å². The lowest BCUT2D eigenvalue weighted by Crippen LogP contribution is -3.00. The Hall–Kier alpha value is 0.250. The maximum atomic E-state index is 2.34. The van der Waals surface area contributed by atoms with Gasteiger partial charge in [-0.15, -0.1) is 0 Å². The van der Waals surface area contributed by atoms with E-state index in [0.29, 0.717) is 0 Å². The van der Waals surface area contributed by atoms with Crippen molar-refractivity contribution in [1.29, 1.82) is 0 Å². The van der Waals surface area contributed by atoms with Gasteiger partial charge in [-0.2, -0.15) is 0 Å². The molecule has 94 valence electrons. The van der Waals surface area contributed by atoms with E-state index in [0.717, 1.165) is 6.04 Å². The Bertz CT molecular complexity index is 132. The molecule has 0 rings (SSSR count). The van der Waals surface area contributed by atoms with Crippen molar-refractivity contribution in [3.05, 3.63) is 0 Å². The van der Waals surface area contributed by atoms with Gasteiger partial charge in [0.05, 0.1) is 26.7 Å². The minimum atomic E-state index is 0. The third-order valence-electron chi connectivity index (χ3n) is 3.49. The molecule has 0 aliphatic carbocycles. The molecule has 0 saturated carbocycles. The second kappa shape index (κ2) is 9.47. The summed E-state index contributed by atoms with van der Waals surface area (Å²) in [5.74, 6) is 0. The summed E-state index contributed by atoms with van der Waals surface area (Å²) in [6.07, 6.45) is 8.47. The van der Waals surface area contributed by atoms with E-state index >= 15 is 0 Å². The summed E-state index contributed by atoms with van der Waals surface area (Å²) in [4.78, 5) is 0. The van der Waals surface area contributed by atoms with E-state index < -0.39 is 0 Å². The zero-order valence-corrected chi connectivity index (χ0v) is 12.1. The molecule has 0 amide bonds. The standard InChI is InChI=1S/C13H30N.ClH/c1-6-7-8-9-10-11-12-14(4,5)13(2)3;/h13H,6-12H2,1-5H3;1H/q+1;/p-1. The van der Waals surface area contributed by atoms with Gasteiger partial charge in [-0.05, 0) is 26.7 Å². The molecule has 0 spiro atoms. The molecule has 0 aromatic heterocycles. The van der Waals surface area contributed by atoms with Crippen LogP contribution in [0.25, 0.3) is 0 Å². The van der Waals surface area contributed by atoms with Gasteiger partial charge in [0, 0.05) is 0 Å². The molecule has 0 fully saturated rings. The normalized spacial score (nSPS) is 11.6. The monoisotopic (exact) mass is 235 g/mol. The highest BCUT2D eigenvalue weighted by atomic mass is 35.5. The lowest BCUT2D eigenvalue weighted by Gasteiger charge is -2.34. The first-order valence-corrected chi connectivity index (χ1v) is 6.33. The number of nitrogens with zero attached hydrogens (tertiary/aromatic N) is 1. The van der Waals surface area contributed by atoms with Crippen LogP contribution in [0, 0.1) is 0 Å². The van der Waals surface area contributed by atoms with Crippen molar-refractivity contribution in [2.75, 3.05) is 20.6 Å². The molecule has 2 heteroatoms. The lowest BCUT2D eigenvalue weighted by molar-refractivity contribution is -0.911. The summed E-state index contributed by atoms with van der Waals surface area (Å²) in [6.45, 7) is 8.25. The molecule has 0 unspecified atom stereocenters. The third kappa shape index (κ3) is 9.19. The smallest absolute Gasteiger partial charge is 0.0829 e. The van der Waals surface area contributed by atoms with E-state index in [1.807, 2.05) is 0 Å². The van der Waals surface area contributed by atoms with Crippen LogP contribution in [0.1, 0.15) is 59.3 Å². The van der Waals surface area contributed by atoms with Crippen molar-refractivity contribution in [3.63, 3.8) is 0 Å². The van der Waals surface area contributed by atoms with Crippen molar-refractivity contribution in [2.45, 2.75) is 65.3 Å². The molecule has 0 saturated heterocycles. The first kappa shape index (κ1) is 17.6. The Balaban J connectivity index is 0. The largest absolute Gasteiger partial charge is 1.00 e. The number of quaternary nitrogens is 1. The van der Waals surface area contributed by atoms with Crippen molar-refractivity contribution in [2.24, 2.45) is 0 Å². The van der Waals surface area contributed by atoms with Gasteiger partial charge < -0.3 is 16.9 Å². The topological polar surface area (TPSA) is 0 Å². The molecule has 0 radical (unpaired) electrons. The zero-order valence-electron chi connectivity index (χ0n) is 11.4. The van der Waals surface area contributed by atoms with Gasteiger partial charge in [0.15, 0.2) is 0 Å². The second-order valence-electron chi connectivity index (χ2n) is 5.36. The number of unbranched alkanes of at least 4 members (excludes halogenated alkanes) is 5. The first-order chi connectivity index (χ1) is 6.50. The van der Waals surface area contributed by atoms with E-state index in [9.17, 15) is 0 Å². The minimum absolute atomic E-state index is 0. The van der Waals surface area contributed by atoms with Crippen molar-refractivity contribution >= 4 is 0 Å². The Labute approximate surface area is 103 Å². The molecular weight excluding hydrogens is 206 g/mol. The van der Waals surface area contributed by atoms with Crippen LogP contribution in [-0.2, 0) is 0 Å². The summed E-state index contributed by atoms with van der Waals surface area (Å²) >= 11 is 0. The van der Waals surface area contributed by atoms with E-state index in [2.05, 4.69) is 34.9 Å². The van der Waals surface area contributed by atoms with Crippen LogP contribution >= 0.6 is 0 Å². The molecule has 1 nitrogen and oxygen atoms in total. The molecule has 0 aliphatic rings. The zero-order chi connectivity index (χ0) is 11.0. The fourth-order valence-corrected chi connectivity index (χ4v) is 1.56. The Morgan fingerprint density at radius 1 is 0.867 bits per heavy atom. The van der Waals surface area contributed by atoms with Gasteiger partial charge in [0.1, 0.15) is 0 Å². The predicted molar refractivity (Wildman–Crippen MR) is 65.5 cm³/mol. The van der Waals surface area contributed by atoms with Gasteiger partial charge >= 0.3 is 0 Å². The van der Waals surface area contributed by atoms with Crippen LogP contribution in [0.5, 0.6) is 0 Å². The molecule has 0 bridgehead atoms. The van der Waals surface area contributed by atoms with Crippen LogP contribution in [0.4, 0.5) is 0 Å². The Kier molecular flexibility index (Phi) is 11.1. The number of rotatable bonds is 8. The highest BCUT2D eigenvalue weighted by molar-refractivity contribution is 4.46. The molecule has 0 aliphatic heterocycles. The average Bonchev–Trinajstić information content (AvgIpc) is 2.10. The first-order valence-electron chi connectivity index (χ1n) is 6.33. The molecule has 15 heavy (non-hydrogen) atoms. The van der Waals surface area contributed by atoms with Crippen LogP contribution < -0.4 is 12.4 Å². The van der Waals surface area contributed by atoms with E-state index in [4.69, 9.17) is 0 Å². The SMILES string of the molecule is CCCCCCCC[N+](C)(C)C(C)C.[Cl-]. The Morgan fingerprint density at radius 3 is 1.80 bits per heavy atom. The minimum Gasteiger partial charge on any atom is -1.00 e. The maximum absolute atomic E-state index is 2.34. The molecule has 0 atom stereocenters. The number of hydrogen-bond acceptors (Lipinski definition) is 0. The molecular formula is C13H30ClN. The van der Waals surface area contributed by atoms with Gasteiger partial charge in [0.25, 0.3) is 0 Å². The van der Waals surface area contributed by atoms with Crippen molar-refractivity contribution < 1.29 is 16.9 Å². The van der Waals surface area contributed by atoms with Crippen molar-refractivity contribution in [1.82, 2.24) is 0 Å². The van der Waals surface area contributed by atoms with Crippen molar-refractivity contribution in [3.8, 4) is 0 Å². The molecule has 0 aromatic rings. The summed E-state index contributed by atoms with van der Waals surface area (Å²) in [7, 11) is 4.69. The third-order valence-corrected chi connectivity index (χ3v) is 3.49. The summed E-state index contributed by atoms with van der Waals surface area (Å²) in [6, 6.07) is 0.755. The molecule has 0 N–H and O–H groups in total. The second-order valence-corrected chi connectivity index (χ2v) is 5.36. The van der Waals surface area contributed by atoms with Crippen LogP contribution in [0.2, 0.25) is 0 Å². The van der Waals surface area contributed by atoms with Gasteiger partial charge in [-0.25, -0.2) is 0 Å². The van der Waals surface area contributed by atoms with Gasteiger partial charge in [-0.3, -0.25) is 0 Å². The number of halogens is 1. The average molecular weight is 236 g/mol. The van der Waals surface area contributed by atoms with Crippen LogP contribution in [0.3, 0.4) is 0 Å². The van der Waals surface area contributed by atoms with E-state index in [1.54, 1.807) is 0 Å². The fourth-order valence-electron chi connectivity index (χ4n) is 1.56. The highest BCUT2D eigenvalue weighted by Crippen LogP contribution is 2.10. The van der Waals surface area contributed by atoms with Gasteiger partial charge in [0.2, 0.25) is 0 Å². The summed E-state index contributed by atoms with van der Waals surface area (Å²) in [5, 5.41) is 0. The Morgan fingerprint density at radius 2 is 1.33 bits per heavy atom. The summed E-state index contributed by atoms with van der Waals surface area (Å²) in [5.41, 5.74) is 0. The quantitative estimate of drug-likeness (QED) is 0.432. The predicted octanol–water partition coefficient (Wildman–Crippen LogP) is 0.836. The fraction of sp³-hybridized carbons (Fsp3) is 1.00. The van der Waals surface area contributed by atoms with Crippen LogP contribution in [0.15, 0.2) is 0 Å². The highest BCUT2D eigenvalue weighted by Gasteiger charge is 2.18. The number of hydrogen-bond donors (Lipinski definition) is 0. The lowest BCUT2D eigenvalue weighted by atomic mass is 10.1. The molecule has 0 heterocycles. The summed E-state index contributed by atoms with van der Waals surface area (Å²) < 4.78 is 1.17. The maximum Gasteiger partial charge on any atom is 0.0829 e. The van der Waals surface area contributed by atoms with E-state index in [1.165, 1.54) is 49.6 Å². The molecule has 0 aromatic carbocycles. The van der Waals surface area contributed by atoms with Gasteiger partial charge in [-0.1, -0.05) is 32.6 Å². The van der Waals surface area contributed by atoms with Crippen LogP contribution in [-0.4, -0.2) is 31.2 Å².